The second-order valence-electron chi connectivity index (χ2n) is 10.1. The summed E-state index contributed by atoms with van der Waals surface area (Å²) < 4.78 is 60.4. The molecule has 4 rings (SSSR count). The third-order valence-electron chi connectivity index (χ3n) is 7.45. The van der Waals surface area contributed by atoms with E-state index in [0.717, 1.165) is 11.1 Å². The molecule has 1 saturated carbocycles. The predicted octanol–water partition coefficient (Wildman–Crippen LogP) is 4.12. The van der Waals surface area contributed by atoms with Crippen LogP contribution in [0.25, 0.3) is 0 Å². The van der Waals surface area contributed by atoms with Gasteiger partial charge in [0, 0.05) is 27.1 Å². The summed E-state index contributed by atoms with van der Waals surface area (Å²) in [6.45, 7) is 3.08. The van der Waals surface area contributed by atoms with Crippen LogP contribution in [-0.4, -0.2) is 67.9 Å². The zero-order chi connectivity index (χ0) is 29.0. The highest BCUT2D eigenvalue weighted by molar-refractivity contribution is 7.48. The van der Waals surface area contributed by atoms with E-state index in [-0.39, 0.29) is 26.1 Å². The van der Waals surface area contributed by atoms with E-state index in [1.54, 1.807) is 13.8 Å². The standard InChI is InChI=1S/C28H37O11P/c1-26(33-4)27(2,34-5)38-24-22(37-26)16-28(30,25(29)32-3)17-23(24)39-40(31,35-18-20-12-8-6-9-13-20)36-19-21-14-10-7-11-15-21/h6-15,22-24,30H,16-19H2,1-5H3/t22-,23-,24+,26+,27+,28-/m1/s1. The van der Waals surface area contributed by atoms with Gasteiger partial charge in [0.2, 0.25) is 11.6 Å². The largest absolute Gasteiger partial charge is 0.475 e. The van der Waals surface area contributed by atoms with Crippen molar-refractivity contribution >= 4 is 13.8 Å². The zero-order valence-corrected chi connectivity index (χ0v) is 24.2. The van der Waals surface area contributed by atoms with Gasteiger partial charge in [0.05, 0.1) is 26.4 Å². The molecule has 0 unspecified atom stereocenters. The Morgan fingerprint density at radius 3 is 1.85 bits per heavy atom. The minimum Gasteiger partial charge on any atom is -0.467 e. The Bertz CT molecular complexity index is 1130. The Hall–Kier alpha value is -2.18. The van der Waals surface area contributed by atoms with Gasteiger partial charge in [-0.05, 0) is 25.0 Å². The third kappa shape index (κ3) is 6.49. The fourth-order valence-electron chi connectivity index (χ4n) is 4.88. The summed E-state index contributed by atoms with van der Waals surface area (Å²) in [6.07, 6.45) is -3.61. The highest BCUT2D eigenvalue weighted by Gasteiger charge is 2.63. The number of phosphoric acid groups is 1. The van der Waals surface area contributed by atoms with E-state index >= 15 is 0 Å². The van der Waals surface area contributed by atoms with Gasteiger partial charge >= 0.3 is 13.8 Å². The van der Waals surface area contributed by atoms with Gasteiger partial charge < -0.3 is 28.8 Å². The van der Waals surface area contributed by atoms with Crippen LogP contribution >= 0.6 is 7.82 Å². The molecule has 220 valence electrons. The monoisotopic (exact) mass is 580 g/mol. The van der Waals surface area contributed by atoms with Crippen LogP contribution in [0.5, 0.6) is 0 Å². The average molecular weight is 581 g/mol. The van der Waals surface area contributed by atoms with E-state index in [9.17, 15) is 14.5 Å². The number of esters is 1. The van der Waals surface area contributed by atoms with Gasteiger partial charge in [-0.25, -0.2) is 9.36 Å². The normalized spacial score (nSPS) is 32.3. The Morgan fingerprint density at radius 2 is 1.38 bits per heavy atom. The number of aliphatic hydroxyl groups is 1. The second kappa shape index (κ2) is 12.4. The first-order chi connectivity index (χ1) is 19.0. The first kappa shape index (κ1) is 30.8. The van der Waals surface area contributed by atoms with Crippen molar-refractivity contribution in [1.82, 2.24) is 0 Å². The minimum atomic E-state index is -4.34. The van der Waals surface area contributed by atoms with Gasteiger partial charge in [0.15, 0.2) is 5.60 Å². The maximum Gasteiger partial charge on any atom is 0.475 e. The van der Waals surface area contributed by atoms with Crippen LogP contribution in [0.1, 0.15) is 37.8 Å². The smallest absolute Gasteiger partial charge is 0.467 e. The summed E-state index contributed by atoms with van der Waals surface area (Å²) in [5, 5.41) is 11.4. The molecule has 2 aromatic carbocycles. The fraction of sp³-hybridized carbons (Fsp3) is 0.536. The maximum atomic E-state index is 14.2. The molecule has 2 aliphatic rings. The fourth-order valence-corrected chi connectivity index (χ4v) is 6.22. The van der Waals surface area contributed by atoms with Crippen molar-refractivity contribution in [2.24, 2.45) is 0 Å². The van der Waals surface area contributed by atoms with E-state index in [1.807, 2.05) is 60.7 Å². The summed E-state index contributed by atoms with van der Waals surface area (Å²) in [6, 6.07) is 18.2. The number of methoxy groups -OCH3 is 3. The topological polar surface area (TPSA) is 128 Å². The summed E-state index contributed by atoms with van der Waals surface area (Å²) in [5.41, 5.74) is -0.562. The zero-order valence-electron chi connectivity index (χ0n) is 23.3. The van der Waals surface area contributed by atoms with Crippen molar-refractivity contribution in [3.05, 3.63) is 71.8 Å². The number of phosphoric ester groups is 1. The highest BCUT2D eigenvalue weighted by atomic mass is 31.2. The molecule has 1 aliphatic carbocycles. The number of ether oxygens (including phenoxy) is 5. The summed E-state index contributed by atoms with van der Waals surface area (Å²) in [4.78, 5) is 12.7. The molecule has 0 radical (unpaired) electrons. The quantitative estimate of drug-likeness (QED) is 0.304. The van der Waals surface area contributed by atoms with Crippen LogP contribution in [0.4, 0.5) is 0 Å². The summed E-state index contributed by atoms with van der Waals surface area (Å²) in [7, 11) is -0.316. The van der Waals surface area contributed by atoms with Crippen LogP contribution in [0.15, 0.2) is 60.7 Å². The second-order valence-corrected chi connectivity index (χ2v) is 11.7. The number of rotatable bonds is 11. The van der Waals surface area contributed by atoms with Crippen molar-refractivity contribution in [2.75, 3.05) is 21.3 Å². The number of hydrogen-bond acceptors (Lipinski definition) is 11. The van der Waals surface area contributed by atoms with Gasteiger partial charge in [-0.3, -0.25) is 13.6 Å². The van der Waals surface area contributed by atoms with Gasteiger partial charge in [-0.1, -0.05) is 60.7 Å². The molecule has 1 saturated heterocycles. The minimum absolute atomic E-state index is 0.0795. The molecule has 2 fully saturated rings. The van der Waals surface area contributed by atoms with Crippen molar-refractivity contribution in [3.63, 3.8) is 0 Å². The SMILES string of the molecule is COC(=O)[C@@]1(O)C[C@H]2O[C@](C)(OC)[C@@](C)(OC)O[C@@H]2[C@H](OP(=O)(OCc2ccccc2)OCc2ccccc2)C1. The van der Waals surface area contributed by atoms with Crippen LogP contribution in [0.3, 0.4) is 0 Å². The highest BCUT2D eigenvalue weighted by Crippen LogP contribution is 2.56. The summed E-state index contributed by atoms with van der Waals surface area (Å²) in [5.74, 6) is -3.74. The third-order valence-corrected chi connectivity index (χ3v) is 8.87. The molecule has 1 heterocycles. The van der Waals surface area contributed by atoms with Gasteiger partial charge in [0.1, 0.15) is 12.2 Å². The molecular formula is C28H37O11P. The predicted molar refractivity (Wildman–Crippen MR) is 142 cm³/mol. The van der Waals surface area contributed by atoms with Crippen molar-refractivity contribution in [2.45, 2.75) is 75.4 Å². The molecule has 0 amide bonds. The number of carbonyl (C=O) groups is 1. The van der Waals surface area contributed by atoms with E-state index < -0.39 is 49.3 Å². The molecule has 6 atom stereocenters. The molecule has 0 bridgehead atoms. The Labute approximate surface area is 234 Å². The lowest BCUT2D eigenvalue weighted by Crippen LogP contribution is -2.70. The molecule has 11 nitrogen and oxygen atoms in total. The van der Waals surface area contributed by atoms with Crippen LogP contribution in [0, 0.1) is 0 Å². The first-order valence-corrected chi connectivity index (χ1v) is 14.4. The Morgan fingerprint density at radius 1 is 0.875 bits per heavy atom. The van der Waals surface area contributed by atoms with Gasteiger partial charge in [-0.15, -0.1) is 0 Å². The molecule has 12 heteroatoms. The molecule has 0 spiro atoms. The van der Waals surface area contributed by atoms with E-state index in [2.05, 4.69) is 0 Å². The van der Waals surface area contributed by atoms with Crippen molar-refractivity contribution in [1.29, 1.82) is 0 Å². The summed E-state index contributed by atoms with van der Waals surface area (Å²) >= 11 is 0. The van der Waals surface area contributed by atoms with Gasteiger partial charge in [-0.2, -0.15) is 0 Å². The number of fused-ring (bicyclic) bond motifs is 1. The Balaban J connectivity index is 1.66. The lowest BCUT2D eigenvalue weighted by molar-refractivity contribution is -0.460. The van der Waals surface area contributed by atoms with E-state index in [1.165, 1.54) is 21.3 Å². The lowest BCUT2D eigenvalue weighted by Gasteiger charge is -2.56. The lowest BCUT2D eigenvalue weighted by atomic mass is 9.78. The molecule has 1 N–H and O–H groups in total. The van der Waals surface area contributed by atoms with E-state index in [0.29, 0.717) is 0 Å². The number of benzene rings is 2. The first-order valence-electron chi connectivity index (χ1n) is 12.9. The maximum absolute atomic E-state index is 14.2. The van der Waals surface area contributed by atoms with Gasteiger partial charge in [0.25, 0.3) is 0 Å². The van der Waals surface area contributed by atoms with Crippen molar-refractivity contribution in [3.8, 4) is 0 Å². The Kier molecular flexibility index (Phi) is 9.51. The average Bonchev–Trinajstić information content (AvgIpc) is 2.97. The number of carbonyl (C=O) groups excluding carboxylic acids is 1. The number of hydrogen-bond donors (Lipinski definition) is 1. The van der Waals surface area contributed by atoms with Crippen molar-refractivity contribution < 1.29 is 51.7 Å². The van der Waals surface area contributed by atoms with Crippen LogP contribution in [0.2, 0.25) is 0 Å². The van der Waals surface area contributed by atoms with Crippen LogP contribution < -0.4 is 0 Å². The molecule has 1 aliphatic heterocycles. The van der Waals surface area contributed by atoms with Crippen LogP contribution in [-0.2, 0) is 59.8 Å². The molecular weight excluding hydrogens is 543 g/mol. The van der Waals surface area contributed by atoms with E-state index in [4.69, 9.17) is 37.3 Å². The molecule has 0 aromatic heterocycles. The molecule has 2 aromatic rings. The molecule has 40 heavy (non-hydrogen) atoms.